The monoisotopic (exact) mass is 347 g/mol. The Labute approximate surface area is 146 Å². The minimum absolute atomic E-state index is 0.145. The predicted molar refractivity (Wildman–Crippen MR) is 96.0 cm³/mol. The van der Waals surface area contributed by atoms with E-state index in [4.69, 9.17) is 4.74 Å². The van der Waals surface area contributed by atoms with Gasteiger partial charge in [0.1, 0.15) is 17.4 Å². The van der Waals surface area contributed by atoms with Crippen molar-refractivity contribution in [1.82, 2.24) is 10.6 Å². The molecule has 0 aromatic heterocycles. The Bertz CT molecular complexity index is 734. The van der Waals surface area contributed by atoms with E-state index in [1.54, 1.807) is 14.2 Å². The van der Waals surface area contributed by atoms with E-state index in [-0.39, 0.29) is 18.0 Å². The van der Waals surface area contributed by atoms with Crippen LogP contribution in [0.4, 0.5) is 8.78 Å². The molecule has 0 bridgehead atoms. The lowest BCUT2D eigenvalue weighted by Gasteiger charge is -2.18. The third-order valence-corrected chi connectivity index (χ3v) is 3.92. The normalized spacial score (nSPS) is 12.6. The average Bonchev–Trinajstić information content (AvgIpc) is 2.64. The summed E-state index contributed by atoms with van der Waals surface area (Å²) in [5.74, 6) is 0.616. The molecule has 0 radical (unpaired) electrons. The third kappa shape index (κ3) is 5.17. The maximum Gasteiger partial charge on any atom is 0.191 e. The lowest BCUT2D eigenvalue weighted by Crippen LogP contribution is -2.38. The van der Waals surface area contributed by atoms with Gasteiger partial charge in [0, 0.05) is 31.6 Å². The molecule has 6 heteroatoms. The number of hydrogen-bond donors (Lipinski definition) is 2. The van der Waals surface area contributed by atoms with Gasteiger partial charge in [-0.3, -0.25) is 4.99 Å². The van der Waals surface area contributed by atoms with Crippen LogP contribution in [0.5, 0.6) is 5.75 Å². The number of aliphatic imine (C=N–C) groups is 1. The van der Waals surface area contributed by atoms with Crippen LogP contribution in [0.15, 0.2) is 47.5 Å². The third-order valence-electron chi connectivity index (χ3n) is 3.92. The Morgan fingerprint density at radius 2 is 1.92 bits per heavy atom. The van der Waals surface area contributed by atoms with Gasteiger partial charge in [0.2, 0.25) is 0 Å². The van der Waals surface area contributed by atoms with Gasteiger partial charge in [-0.2, -0.15) is 0 Å². The molecule has 4 nitrogen and oxygen atoms in total. The maximum absolute atomic E-state index is 13.7. The molecule has 0 heterocycles. The van der Waals surface area contributed by atoms with Crippen LogP contribution >= 0.6 is 0 Å². The van der Waals surface area contributed by atoms with Crippen LogP contribution in [0.1, 0.15) is 24.0 Å². The van der Waals surface area contributed by atoms with Gasteiger partial charge in [0.25, 0.3) is 0 Å². The largest absolute Gasteiger partial charge is 0.496 e. The molecule has 25 heavy (non-hydrogen) atoms. The quantitative estimate of drug-likeness (QED) is 0.621. The highest BCUT2D eigenvalue weighted by molar-refractivity contribution is 5.79. The van der Waals surface area contributed by atoms with Gasteiger partial charge in [0.15, 0.2) is 5.96 Å². The fourth-order valence-electron chi connectivity index (χ4n) is 2.51. The number of methoxy groups -OCH3 is 1. The smallest absolute Gasteiger partial charge is 0.191 e. The van der Waals surface area contributed by atoms with E-state index >= 15 is 0 Å². The van der Waals surface area contributed by atoms with Crippen molar-refractivity contribution in [2.75, 3.05) is 20.7 Å². The first-order valence-corrected chi connectivity index (χ1v) is 8.06. The number of para-hydroxylation sites is 1. The Morgan fingerprint density at radius 1 is 1.16 bits per heavy atom. The number of rotatable bonds is 6. The predicted octanol–water partition coefficient (Wildman–Crippen LogP) is 3.44. The summed E-state index contributed by atoms with van der Waals surface area (Å²) in [6.45, 7) is 2.84. The van der Waals surface area contributed by atoms with Crippen molar-refractivity contribution >= 4 is 5.96 Å². The van der Waals surface area contributed by atoms with E-state index in [0.717, 1.165) is 23.4 Å². The second-order valence-electron chi connectivity index (χ2n) is 5.69. The number of ether oxygens (including phenoxy) is 1. The van der Waals surface area contributed by atoms with E-state index in [1.807, 2.05) is 24.3 Å². The first kappa shape index (κ1) is 18.7. The summed E-state index contributed by atoms with van der Waals surface area (Å²) < 4.78 is 32.3. The zero-order valence-corrected chi connectivity index (χ0v) is 14.6. The molecule has 0 spiro atoms. The fraction of sp³-hybridized carbons (Fsp3) is 0.316. The van der Waals surface area contributed by atoms with Crippen LogP contribution in [-0.4, -0.2) is 26.7 Å². The number of nitrogens with one attached hydrogen (secondary N) is 2. The second kappa shape index (κ2) is 9.01. The molecule has 0 aliphatic rings. The zero-order chi connectivity index (χ0) is 18.2. The molecule has 0 aliphatic heterocycles. The molecule has 2 aromatic carbocycles. The van der Waals surface area contributed by atoms with Crippen LogP contribution in [0.3, 0.4) is 0 Å². The Morgan fingerprint density at radius 3 is 2.64 bits per heavy atom. The van der Waals surface area contributed by atoms with E-state index in [1.165, 1.54) is 6.07 Å². The first-order valence-electron chi connectivity index (χ1n) is 8.06. The molecule has 0 amide bonds. The minimum atomic E-state index is -0.467. The van der Waals surface area contributed by atoms with Crippen LogP contribution in [-0.2, 0) is 6.54 Å². The summed E-state index contributed by atoms with van der Waals surface area (Å²) >= 11 is 0. The van der Waals surface area contributed by atoms with Gasteiger partial charge >= 0.3 is 0 Å². The SMILES string of the molecule is CN=C(NCc1cc(F)ccc1F)NCC(C)c1ccccc1OC. The van der Waals surface area contributed by atoms with Crippen molar-refractivity contribution in [3.63, 3.8) is 0 Å². The summed E-state index contributed by atoms with van der Waals surface area (Å²) in [5.41, 5.74) is 1.34. The highest BCUT2D eigenvalue weighted by atomic mass is 19.1. The van der Waals surface area contributed by atoms with E-state index < -0.39 is 11.6 Å². The molecule has 0 saturated heterocycles. The van der Waals surface area contributed by atoms with Gasteiger partial charge < -0.3 is 15.4 Å². The molecule has 2 rings (SSSR count). The van der Waals surface area contributed by atoms with Gasteiger partial charge in [-0.05, 0) is 29.8 Å². The molecule has 0 saturated carbocycles. The van der Waals surface area contributed by atoms with Crippen molar-refractivity contribution in [3.05, 3.63) is 65.2 Å². The molecule has 1 atom stereocenters. The summed E-state index contributed by atoms with van der Waals surface area (Å²) in [5, 5.41) is 6.18. The molecule has 134 valence electrons. The number of guanidine groups is 1. The molecule has 2 N–H and O–H groups in total. The Hall–Kier alpha value is -2.63. The second-order valence-corrected chi connectivity index (χ2v) is 5.69. The first-order chi connectivity index (χ1) is 12.0. The molecule has 0 fully saturated rings. The molecule has 2 aromatic rings. The molecular formula is C19H23F2N3O. The van der Waals surface area contributed by atoms with Crippen molar-refractivity contribution in [2.24, 2.45) is 4.99 Å². The van der Waals surface area contributed by atoms with Crippen LogP contribution in [0.25, 0.3) is 0 Å². The maximum atomic E-state index is 13.7. The number of halogens is 2. The summed E-state index contributed by atoms with van der Waals surface area (Å²) in [7, 11) is 3.28. The topological polar surface area (TPSA) is 45.7 Å². The fourth-order valence-corrected chi connectivity index (χ4v) is 2.51. The Kier molecular flexibility index (Phi) is 6.74. The number of benzene rings is 2. The lowest BCUT2D eigenvalue weighted by molar-refractivity contribution is 0.406. The zero-order valence-electron chi connectivity index (χ0n) is 14.6. The van der Waals surface area contributed by atoms with Crippen LogP contribution < -0.4 is 15.4 Å². The van der Waals surface area contributed by atoms with Crippen molar-refractivity contribution < 1.29 is 13.5 Å². The average molecular weight is 347 g/mol. The summed E-state index contributed by atoms with van der Waals surface area (Å²) in [6.07, 6.45) is 0. The van der Waals surface area contributed by atoms with Gasteiger partial charge in [-0.15, -0.1) is 0 Å². The van der Waals surface area contributed by atoms with E-state index in [0.29, 0.717) is 12.5 Å². The van der Waals surface area contributed by atoms with Crippen molar-refractivity contribution in [2.45, 2.75) is 19.4 Å². The van der Waals surface area contributed by atoms with E-state index in [2.05, 4.69) is 22.5 Å². The lowest BCUT2D eigenvalue weighted by atomic mass is 10.0. The van der Waals surface area contributed by atoms with Crippen molar-refractivity contribution in [3.8, 4) is 5.75 Å². The van der Waals surface area contributed by atoms with Crippen LogP contribution in [0.2, 0.25) is 0 Å². The van der Waals surface area contributed by atoms with E-state index in [9.17, 15) is 8.78 Å². The van der Waals surface area contributed by atoms with Crippen LogP contribution in [0, 0.1) is 11.6 Å². The highest BCUT2D eigenvalue weighted by Crippen LogP contribution is 2.25. The molecular weight excluding hydrogens is 324 g/mol. The van der Waals surface area contributed by atoms with Gasteiger partial charge in [-0.25, -0.2) is 8.78 Å². The molecule has 0 aliphatic carbocycles. The van der Waals surface area contributed by atoms with Crippen molar-refractivity contribution in [1.29, 1.82) is 0 Å². The minimum Gasteiger partial charge on any atom is -0.496 e. The van der Waals surface area contributed by atoms with Gasteiger partial charge in [0.05, 0.1) is 7.11 Å². The summed E-state index contributed by atoms with van der Waals surface area (Å²) in [6, 6.07) is 11.2. The van der Waals surface area contributed by atoms with Gasteiger partial charge in [-0.1, -0.05) is 25.1 Å². The highest BCUT2D eigenvalue weighted by Gasteiger charge is 2.12. The number of nitrogens with zero attached hydrogens (tertiary/aromatic N) is 1. The number of hydrogen-bond acceptors (Lipinski definition) is 2. The molecule has 1 unspecified atom stereocenters. The summed E-state index contributed by atoms with van der Waals surface area (Å²) in [4.78, 5) is 4.11. The standard InChI is InChI=1S/C19H23F2N3O/c1-13(16-6-4-5-7-18(16)25-3)11-23-19(22-2)24-12-14-10-15(20)8-9-17(14)21/h4-10,13H,11-12H2,1-3H3,(H2,22,23,24). The Balaban J connectivity index is 1.93.